The van der Waals surface area contributed by atoms with Crippen LogP contribution in [0, 0.1) is 6.20 Å². The minimum absolute atomic E-state index is 0.620. The molecule has 2 aromatic rings. The molecule has 0 atom stereocenters. The summed E-state index contributed by atoms with van der Waals surface area (Å²) in [7, 11) is 0. The Kier molecular flexibility index (Phi) is 1.17. The number of hydrogen-bond donors (Lipinski definition) is 0. The Balaban J connectivity index is 2.48. The van der Waals surface area contributed by atoms with E-state index in [0.29, 0.717) is 5.69 Å². The van der Waals surface area contributed by atoms with Gasteiger partial charge in [-0.05, 0) is 11.5 Å². The maximum Gasteiger partial charge on any atom is 0.153 e. The molecule has 49 valence electrons. The molecule has 0 saturated carbocycles. The fraction of sp³-hybridized carbons (Fsp3) is 0. The number of nitrogens with zero attached hydrogens (tertiary/aromatic N) is 4. The van der Waals surface area contributed by atoms with Crippen LogP contribution in [0.15, 0.2) is 10.8 Å². The van der Waals surface area contributed by atoms with Crippen molar-refractivity contribution >= 4 is 11.5 Å². The molecule has 0 aliphatic rings. The van der Waals surface area contributed by atoms with Gasteiger partial charge in [-0.15, -0.1) is 10.2 Å². The third-order valence-corrected chi connectivity index (χ3v) is 1.56. The Labute approximate surface area is 59.8 Å². The standard InChI is InChI=1S/C4HN4OS/c1-4(10-8-5-1)3-2-9-7-6-3/h2H. The third kappa shape index (κ3) is 0.781. The lowest BCUT2D eigenvalue weighted by Crippen LogP contribution is -1.70. The van der Waals surface area contributed by atoms with E-state index in [4.69, 9.17) is 0 Å². The van der Waals surface area contributed by atoms with Crippen molar-refractivity contribution in [3.05, 3.63) is 12.5 Å². The molecule has 2 heterocycles. The Morgan fingerprint density at radius 2 is 2.60 bits per heavy atom. The van der Waals surface area contributed by atoms with E-state index in [0.717, 1.165) is 4.88 Å². The smallest absolute Gasteiger partial charge is 0.153 e. The van der Waals surface area contributed by atoms with Gasteiger partial charge in [-0.3, -0.25) is 0 Å². The predicted molar refractivity (Wildman–Crippen MR) is 32.0 cm³/mol. The second-order valence-corrected chi connectivity index (χ2v) is 2.26. The van der Waals surface area contributed by atoms with E-state index in [9.17, 15) is 0 Å². The van der Waals surface area contributed by atoms with Crippen LogP contribution in [0.3, 0.4) is 0 Å². The Morgan fingerprint density at radius 3 is 3.20 bits per heavy atom. The molecule has 0 saturated heterocycles. The van der Waals surface area contributed by atoms with Crippen LogP contribution in [0.1, 0.15) is 0 Å². The first-order valence-corrected chi connectivity index (χ1v) is 3.21. The summed E-state index contributed by atoms with van der Waals surface area (Å²) in [6.45, 7) is 0. The Hall–Kier alpha value is -1.30. The van der Waals surface area contributed by atoms with E-state index in [1.807, 2.05) is 0 Å². The van der Waals surface area contributed by atoms with Gasteiger partial charge in [0.2, 0.25) is 0 Å². The Bertz CT molecular complexity index is 257. The molecule has 6 heteroatoms. The van der Waals surface area contributed by atoms with Gasteiger partial charge in [-0.1, -0.05) is 4.49 Å². The van der Waals surface area contributed by atoms with Crippen molar-refractivity contribution in [2.45, 2.75) is 0 Å². The van der Waals surface area contributed by atoms with Crippen molar-refractivity contribution < 1.29 is 4.52 Å². The average molecular weight is 153 g/mol. The largest absolute Gasteiger partial charge is 0.345 e. The van der Waals surface area contributed by atoms with Crippen molar-refractivity contribution in [2.75, 3.05) is 0 Å². The fourth-order valence-corrected chi connectivity index (χ4v) is 0.942. The highest BCUT2D eigenvalue weighted by atomic mass is 32.1. The summed E-state index contributed by atoms with van der Waals surface area (Å²) < 4.78 is 8.11. The zero-order chi connectivity index (χ0) is 6.81. The molecule has 0 spiro atoms. The molecule has 0 amide bonds. The first kappa shape index (κ1) is 5.48. The molecule has 0 fully saturated rings. The van der Waals surface area contributed by atoms with Gasteiger partial charge in [0, 0.05) is 5.27 Å². The molecule has 0 aliphatic heterocycles. The van der Waals surface area contributed by atoms with Gasteiger partial charge in [0.15, 0.2) is 6.26 Å². The molecular weight excluding hydrogens is 152 g/mol. The maximum atomic E-state index is 4.51. The van der Waals surface area contributed by atoms with Crippen LogP contribution < -0.4 is 0 Å². The van der Waals surface area contributed by atoms with Crippen molar-refractivity contribution in [3.63, 3.8) is 0 Å². The van der Waals surface area contributed by atoms with Gasteiger partial charge in [-0.25, -0.2) is 0 Å². The van der Waals surface area contributed by atoms with E-state index >= 15 is 0 Å². The topological polar surface area (TPSA) is 64.7 Å². The third-order valence-electron chi connectivity index (χ3n) is 0.917. The molecule has 2 aromatic heterocycles. The molecule has 1 radical (unpaired) electrons. The van der Waals surface area contributed by atoms with Crippen LogP contribution >= 0.6 is 11.5 Å². The summed E-state index contributed by atoms with van der Waals surface area (Å²) >= 11 is 1.20. The second-order valence-electron chi connectivity index (χ2n) is 1.50. The van der Waals surface area contributed by atoms with Gasteiger partial charge in [0.1, 0.15) is 16.8 Å². The Morgan fingerprint density at radius 1 is 1.60 bits per heavy atom. The van der Waals surface area contributed by atoms with Gasteiger partial charge < -0.3 is 4.52 Å². The summed E-state index contributed by atoms with van der Waals surface area (Å²) in [6, 6.07) is 0. The van der Waals surface area contributed by atoms with Crippen LogP contribution in [0.5, 0.6) is 0 Å². The highest BCUT2D eigenvalue weighted by molar-refractivity contribution is 7.09. The van der Waals surface area contributed by atoms with E-state index in [-0.39, 0.29) is 0 Å². The molecule has 0 N–H and O–H groups in total. The first-order valence-electron chi connectivity index (χ1n) is 2.44. The normalized spacial score (nSPS) is 10.0. The van der Waals surface area contributed by atoms with Crippen molar-refractivity contribution in [2.24, 2.45) is 0 Å². The van der Waals surface area contributed by atoms with E-state index in [2.05, 4.69) is 30.7 Å². The van der Waals surface area contributed by atoms with Gasteiger partial charge >= 0.3 is 0 Å². The molecular formula is C4HN4OS. The molecule has 2 rings (SSSR count). The summed E-state index contributed by atoms with van der Waals surface area (Å²) in [5.74, 6) is 0. The zero-order valence-electron chi connectivity index (χ0n) is 4.68. The van der Waals surface area contributed by atoms with Crippen LogP contribution in [0.25, 0.3) is 10.6 Å². The second kappa shape index (κ2) is 2.14. The molecule has 0 aromatic carbocycles. The van der Waals surface area contributed by atoms with Crippen LogP contribution in [0.2, 0.25) is 0 Å². The summed E-state index contributed by atoms with van der Waals surface area (Å²) in [4.78, 5) is 0.737. The zero-order valence-corrected chi connectivity index (χ0v) is 5.50. The molecule has 5 nitrogen and oxygen atoms in total. The average Bonchev–Trinajstić information content (AvgIpc) is 2.59. The van der Waals surface area contributed by atoms with Gasteiger partial charge in [-0.2, -0.15) is 0 Å². The molecule has 10 heavy (non-hydrogen) atoms. The maximum absolute atomic E-state index is 4.51. The number of aromatic nitrogens is 4. The fourth-order valence-electron chi connectivity index (χ4n) is 0.515. The quantitative estimate of drug-likeness (QED) is 0.592. The first-order chi connectivity index (χ1) is 4.97. The minimum Gasteiger partial charge on any atom is -0.345 e. The molecule has 0 unspecified atom stereocenters. The molecule has 0 bridgehead atoms. The summed E-state index contributed by atoms with van der Waals surface area (Å²) in [5.41, 5.74) is 0.620. The number of rotatable bonds is 1. The highest BCUT2D eigenvalue weighted by Gasteiger charge is 2.03. The van der Waals surface area contributed by atoms with Gasteiger partial charge in [0.25, 0.3) is 0 Å². The van der Waals surface area contributed by atoms with Crippen LogP contribution in [-0.4, -0.2) is 20.0 Å². The summed E-state index contributed by atoms with van der Waals surface area (Å²) in [5, 5.41) is 10.4. The van der Waals surface area contributed by atoms with Crippen molar-refractivity contribution in [1.29, 1.82) is 0 Å². The van der Waals surface area contributed by atoms with E-state index < -0.39 is 0 Å². The van der Waals surface area contributed by atoms with Crippen LogP contribution in [-0.2, 0) is 0 Å². The minimum atomic E-state index is 0.620. The van der Waals surface area contributed by atoms with Crippen molar-refractivity contribution in [1.82, 2.24) is 20.0 Å². The SMILES string of the molecule is [c]1nnsc1-c1conn1. The van der Waals surface area contributed by atoms with E-state index in [1.165, 1.54) is 17.8 Å². The lowest BCUT2D eigenvalue weighted by Gasteiger charge is -1.75. The molecule has 0 aliphatic carbocycles. The number of hydrogen-bond acceptors (Lipinski definition) is 6. The van der Waals surface area contributed by atoms with E-state index in [1.54, 1.807) is 0 Å². The lowest BCUT2D eigenvalue weighted by atomic mass is 10.4. The highest BCUT2D eigenvalue weighted by Crippen LogP contribution is 2.16. The summed E-state index contributed by atoms with van der Waals surface area (Å²) in [6.07, 6.45) is 4.06. The van der Waals surface area contributed by atoms with Gasteiger partial charge in [0.05, 0.1) is 0 Å². The monoisotopic (exact) mass is 153 g/mol. The van der Waals surface area contributed by atoms with Crippen molar-refractivity contribution in [3.8, 4) is 10.6 Å². The lowest BCUT2D eigenvalue weighted by molar-refractivity contribution is 0.393. The predicted octanol–water partition coefficient (Wildman–Crippen LogP) is 0.388. The van der Waals surface area contributed by atoms with Crippen LogP contribution in [0.4, 0.5) is 0 Å².